The van der Waals surface area contributed by atoms with Crippen LogP contribution in [0.15, 0.2) is 0 Å². The third-order valence-corrected chi connectivity index (χ3v) is 5.00. The van der Waals surface area contributed by atoms with Crippen molar-refractivity contribution >= 4 is 5.97 Å². The largest absolute Gasteiger partial charge is 0.464 e. The van der Waals surface area contributed by atoms with Crippen LogP contribution in [0.2, 0.25) is 0 Å². The first-order chi connectivity index (χ1) is 9.06. The summed E-state index contributed by atoms with van der Waals surface area (Å²) in [4.78, 5) is 12.7. The molecule has 0 aliphatic carbocycles. The number of carbonyl (C=O) groups is 1. The molecular weight excluding hydrogens is 252 g/mol. The number of hydrogen-bond acceptors (Lipinski definition) is 3. The summed E-state index contributed by atoms with van der Waals surface area (Å²) in [5.74, 6) is 0.414. The summed E-state index contributed by atoms with van der Waals surface area (Å²) in [6.45, 7) is 16.8. The van der Waals surface area contributed by atoms with Gasteiger partial charge in [0, 0.05) is 0 Å². The maximum atomic E-state index is 12.7. The molecule has 3 heteroatoms. The molecule has 0 radical (unpaired) electrons. The average Bonchev–Trinajstić information content (AvgIpc) is 2.25. The lowest BCUT2D eigenvalue weighted by Gasteiger charge is -2.44. The van der Waals surface area contributed by atoms with E-state index in [2.05, 4.69) is 41.5 Å². The maximum absolute atomic E-state index is 12.7. The molecule has 20 heavy (non-hydrogen) atoms. The Kier molecular flexibility index (Phi) is 5.29. The predicted octanol–water partition coefficient (Wildman–Crippen LogP) is 4.05. The van der Waals surface area contributed by atoms with Crippen molar-refractivity contribution in [1.29, 1.82) is 0 Å². The van der Waals surface area contributed by atoms with Gasteiger partial charge in [-0.3, -0.25) is 4.79 Å². The van der Waals surface area contributed by atoms with Gasteiger partial charge in [0.1, 0.15) is 6.61 Å². The van der Waals surface area contributed by atoms with Crippen molar-refractivity contribution in [2.45, 2.75) is 61.3 Å². The zero-order chi connectivity index (χ0) is 15.6. The van der Waals surface area contributed by atoms with Crippen LogP contribution in [0, 0.1) is 22.2 Å². The van der Waals surface area contributed by atoms with E-state index in [1.165, 1.54) is 0 Å². The van der Waals surface area contributed by atoms with Crippen LogP contribution in [0.1, 0.15) is 61.3 Å². The van der Waals surface area contributed by atoms with Gasteiger partial charge in [-0.05, 0) is 31.1 Å². The molecule has 1 unspecified atom stereocenters. The van der Waals surface area contributed by atoms with E-state index >= 15 is 0 Å². The molecule has 1 atom stereocenters. The Morgan fingerprint density at radius 3 is 2.10 bits per heavy atom. The highest BCUT2D eigenvalue weighted by atomic mass is 16.5. The predicted molar refractivity (Wildman–Crippen MR) is 81.5 cm³/mol. The van der Waals surface area contributed by atoms with Gasteiger partial charge in [-0.2, -0.15) is 0 Å². The van der Waals surface area contributed by atoms with E-state index in [9.17, 15) is 4.79 Å². The number of hydrogen-bond donors (Lipinski definition) is 0. The molecule has 1 saturated heterocycles. The summed E-state index contributed by atoms with van der Waals surface area (Å²) in [7, 11) is 0. The lowest BCUT2D eigenvalue weighted by Crippen LogP contribution is -2.49. The molecule has 118 valence electrons. The van der Waals surface area contributed by atoms with Gasteiger partial charge < -0.3 is 9.47 Å². The summed E-state index contributed by atoms with van der Waals surface area (Å²) in [6, 6.07) is 0. The van der Waals surface area contributed by atoms with Crippen LogP contribution in [-0.4, -0.2) is 25.8 Å². The molecule has 3 nitrogen and oxygen atoms in total. The number of carbonyl (C=O) groups excluding carboxylic acids is 1. The van der Waals surface area contributed by atoms with Crippen LogP contribution >= 0.6 is 0 Å². The van der Waals surface area contributed by atoms with E-state index in [1.54, 1.807) is 0 Å². The van der Waals surface area contributed by atoms with Crippen molar-refractivity contribution in [3.63, 3.8) is 0 Å². The van der Waals surface area contributed by atoms with Gasteiger partial charge in [0.15, 0.2) is 0 Å². The van der Waals surface area contributed by atoms with Gasteiger partial charge in [-0.25, -0.2) is 0 Å². The Morgan fingerprint density at radius 1 is 1.25 bits per heavy atom. The van der Waals surface area contributed by atoms with Gasteiger partial charge in [0.05, 0.1) is 24.0 Å². The number of ether oxygens (including phenoxy) is 2. The Labute approximate surface area is 124 Å². The van der Waals surface area contributed by atoms with E-state index in [1.807, 2.05) is 6.92 Å². The maximum Gasteiger partial charge on any atom is 0.312 e. The van der Waals surface area contributed by atoms with Crippen molar-refractivity contribution in [2.75, 3.05) is 19.8 Å². The SMILES string of the molecule is CCC1(COC(=O)C(C)(CC(C)C)C(C)(C)C)COC1. The highest BCUT2D eigenvalue weighted by Crippen LogP contribution is 2.45. The lowest BCUT2D eigenvalue weighted by molar-refractivity contribution is -0.184. The molecule has 0 N–H and O–H groups in total. The van der Waals surface area contributed by atoms with E-state index in [0.717, 1.165) is 12.8 Å². The highest BCUT2D eigenvalue weighted by Gasteiger charge is 2.47. The monoisotopic (exact) mass is 284 g/mol. The third kappa shape index (κ3) is 3.55. The Balaban J connectivity index is 2.74. The lowest BCUT2D eigenvalue weighted by atomic mass is 9.64. The van der Waals surface area contributed by atoms with Crippen molar-refractivity contribution in [2.24, 2.45) is 22.2 Å². The second-order valence-electron chi connectivity index (χ2n) is 8.10. The third-order valence-electron chi connectivity index (χ3n) is 5.00. The first-order valence-electron chi connectivity index (χ1n) is 7.81. The van der Waals surface area contributed by atoms with Gasteiger partial charge >= 0.3 is 5.97 Å². The summed E-state index contributed by atoms with van der Waals surface area (Å²) < 4.78 is 11.0. The summed E-state index contributed by atoms with van der Waals surface area (Å²) >= 11 is 0. The van der Waals surface area contributed by atoms with Gasteiger partial charge in [-0.15, -0.1) is 0 Å². The second kappa shape index (κ2) is 6.05. The van der Waals surface area contributed by atoms with E-state index in [-0.39, 0.29) is 16.8 Å². The fourth-order valence-electron chi connectivity index (χ4n) is 2.67. The van der Waals surface area contributed by atoms with Gasteiger partial charge in [-0.1, -0.05) is 41.5 Å². The highest BCUT2D eigenvalue weighted by molar-refractivity contribution is 5.77. The van der Waals surface area contributed by atoms with E-state index in [4.69, 9.17) is 9.47 Å². The molecule has 1 aliphatic rings. The smallest absolute Gasteiger partial charge is 0.312 e. The standard InChI is InChI=1S/C17H32O3/c1-8-17(10-19-11-17)12-20-14(18)16(7,9-13(2)3)15(4,5)6/h13H,8-12H2,1-7H3. The molecular formula is C17H32O3. The number of esters is 1. The van der Waals surface area contributed by atoms with Crippen molar-refractivity contribution in [3.8, 4) is 0 Å². The zero-order valence-corrected chi connectivity index (χ0v) is 14.3. The van der Waals surface area contributed by atoms with Crippen LogP contribution in [0.4, 0.5) is 0 Å². The molecule has 1 rings (SSSR count). The van der Waals surface area contributed by atoms with Crippen LogP contribution in [0.25, 0.3) is 0 Å². The topological polar surface area (TPSA) is 35.5 Å². The van der Waals surface area contributed by atoms with E-state index < -0.39 is 5.41 Å². The quantitative estimate of drug-likeness (QED) is 0.690. The Bertz CT molecular complexity index is 331. The minimum absolute atomic E-state index is 0.0570. The minimum Gasteiger partial charge on any atom is -0.464 e. The molecule has 0 aromatic rings. The summed E-state index contributed by atoms with van der Waals surface area (Å²) in [5.41, 5.74) is -0.489. The fourth-order valence-corrected chi connectivity index (χ4v) is 2.67. The Morgan fingerprint density at radius 2 is 1.80 bits per heavy atom. The molecule has 0 amide bonds. The molecule has 0 aromatic heterocycles. The normalized spacial score (nSPS) is 21.2. The molecule has 1 aliphatic heterocycles. The second-order valence-corrected chi connectivity index (χ2v) is 8.10. The molecule has 0 spiro atoms. The van der Waals surface area contributed by atoms with Crippen molar-refractivity contribution < 1.29 is 14.3 Å². The minimum atomic E-state index is -0.444. The van der Waals surface area contributed by atoms with Crippen LogP contribution in [-0.2, 0) is 14.3 Å². The summed E-state index contributed by atoms with van der Waals surface area (Å²) in [6.07, 6.45) is 1.85. The zero-order valence-electron chi connectivity index (χ0n) is 14.3. The van der Waals surface area contributed by atoms with Gasteiger partial charge in [0.2, 0.25) is 0 Å². The Hall–Kier alpha value is -0.570. The molecule has 1 heterocycles. The van der Waals surface area contributed by atoms with Crippen LogP contribution in [0.3, 0.4) is 0 Å². The van der Waals surface area contributed by atoms with Crippen LogP contribution in [0.5, 0.6) is 0 Å². The number of rotatable bonds is 6. The fraction of sp³-hybridized carbons (Fsp3) is 0.941. The molecule has 0 aromatic carbocycles. The van der Waals surface area contributed by atoms with Crippen LogP contribution < -0.4 is 0 Å². The first-order valence-corrected chi connectivity index (χ1v) is 7.81. The average molecular weight is 284 g/mol. The van der Waals surface area contributed by atoms with Crippen molar-refractivity contribution in [1.82, 2.24) is 0 Å². The van der Waals surface area contributed by atoms with Gasteiger partial charge in [0.25, 0.3) is 0 Å². The summed E-state index contributed by atoms with van der Waals surface area (Å²) in [5, 5.41) is 0. The van der Waals surface area contributed by atoms with E-state index in [0.29, 0.717) is 25.7 Å². The molecule has 0 saturated carbocycles. The first kappa shape index (κ1) is 17.5. The molecule has 0 bridgehead atoms. The molecule has 1 fully saturated rings. The van der Waals surface area contributed by atoms with Crippen molar-refractivity contribution in [3.05, 3.63) is 0 Å².